The molecular formula is C15H21N3O4. The zero-order valence-electron chi connectivity index (χ0n) is 12.7. The molecule has 0 saturated carbocycles. The summed E-state index contributed by atoms with van der Waals surface area (Å²) in [7, 11) is 1.93. The van der Waals surface area contributed by atoms with Crippen molar-refractivity contribution < 1.29 is 14.5 Å². The summed E-state index contributed by atoms with van der Waals surface area (Å²) in [5.74, 6) is 0.238. The van der Waals surface area contributed by atoms with Crippen LogP contribution in [0.5, 0.6) is 5.75 Å². The van der Waals surface area contributed by atoms with Crippen molar-refractivity contribution in [1.29, 1.82) is 0 Å². The van der Waals surface area contributed by atoms with Crippen molar-refractivity contribution in [3.05, 3.63) is 34.4 Å². The first-order valence-corrected chi connectivity index (χ1v) is 7.43. The highest BCUT2D eigenvalue weighted by Gasteiger charge is 2.22. The lowest BCUT2D eigenvalue weighted by molar-refractivity contribution is -0.385. The zero-order chi connectivity index (χ0) is 15.9. The third kappa shape index (κ3) is 4.17. The Kier molecular flexibility index (Phi) is 5.71. The molecule has 1 N–H and O–H groups in total. The fourth-order valence-electron chi connectivity index (χ4n) is 2.55. The number of nitro benzene ring substituents is 1. The molecule has 1 amide bonds. The first kappa shape index (κ1) is 16.2. The Morgan fingerprint density at radius 2 is 2.09 bits per heavy atom. The highest BCUT2D eigenvalue weighted by molar-refractivity contribution is 5.76. The van der Waals surface area contributed by atoms with Crippen molar-refractivity contribution in [2.75, 3.05) is 26.7 Å². The van der Waals surface area contributed by atoms with Crippen LogP contribution in [0, 0.1) is 10.1 Å². The molecule has 0 aromatic heterocycles. The van der Waals surface area contributed by atoms with Crippen LogP contribution in [-0.4, -0.2) is 48.5 Å². The third-order valence-electron chi connectivity index (χ3n) is 3.89. The van der Waals surface area contributed by atoms with Gasteiger partial charge in [0.1, 0.15) is 0 Å². The van der Waals surface area contributed by atoms with Gasteiger partial charge in [0, 0.05) is 25.2 Å². The van der Waals surface area contributed by atoms with Gasteiger partial charge in [-0.3, -0.25) is 14.9 Å². The Morgan fingerprint density at radius 3 is 2.73 bits per heavy atom. The van der Waals surface area contributed by atoms with Crippen LogP contribution in [0.3, 0.4) is 0 Å². The number of likely N-dealkylation sites (tertiary alicyclic amines) is 1. The monoisotopic (exact) mass is 307 g/mol. The fraction of sp³-hybridized carbons (Fsp3) is 0.533. The first-order chi connectivity index (χ1) is 10.6. The highest BCUT2D eigenvalue weighted by Crippen LogP contribution is 2.25. The molecule has 0 bridgehead atoms. The van der Waals surface area contributed by atoms with Crippen molar-refractivity contribution in [1.82, 2.24) is 10.2 Å². The molecule has 0 aliphatic carbocycles. The van der Waals surface area contributed by atoms with Gasteiger partial charge in [0.2, 0.25) is 5.91 Å². The lowest BCUT2D eigenvalue weighted by atomic mass is 10.1. The van der Waals surface area contributed by atoms with E-state index in [1.165, 1.54) is 6.07 Å². The summed E-state index contributed by atoms with van der Waals surface area (Å²) in [5.41, 5.74) is -0.0789. The predicted molar refractivity (Wildman–Crippen MR) is 81.9 cm³/mol. The van der Waals surface area contributed by atoms with Crippen molar-refractivity contribution in [3.63, 3.8) is 0 Å². The third-order valence-corrected chi connectivity index (χ3v) is 3.89. The summed E-state index contributed by atoms with van der Waals surface area (Å²) in [4.78, 5) is 24.3. The van der Waals surface area contributed by atoms with E-state index in [0.29, 0.717) is 6.04 Å². The van der Waals surface area contributed by atoms with E-state index in [-0.39, 0.29) is 30.4 Å². The van der Waals surface area contributed by atoms with E-state index in [1.54, 1.807) is 18.2 Å². The Bertz CT molecular complexity index is 527. The molecule has 120 valence electrons. The fourth-order valence-corrected chi connectivity index (χ4v) is 2.55. The summed E-state index contributed by atoms with van der Waals surface area (Å²) >= 11 is 0. The van der Waals surface area contributed by atoms with Gasteiger partial charge in [0.25, 0.3) is 0 Å². The van der Waals surface area contributed by atoms with Gasteiger partial charge in [-0.25, -0.2) is 0 Å². The number of carbonyl (C=O) groups excluding carboxylic acids is 1. The van der Waals surface area contributed by atoms with Gasteiger partial charge < -0.3 is 15.0 Å². The van der Waals surface area contributed by atoms with Gasteiger partial charge in [0.15, 0.2) is 5.75 Å². The number of nitro groups is 1. The summed E-state index contributed by atoms with van der Waals surface area (Å²) in [6.45, 7) is 1.64. The quantitative estimate of drug-likeness (QED) is 0.637. The highest BCUT2D eigenvalue weighted by atomic mass is 16.6. The zero-order valence-corrected chi connectivity index (χ0v) is 12.7. The van der Waals surface area contributed by atoms with Crippen molar-refractivity contribution >= 4 is 11.6 Å². The summed E-state index contributed by atoms with van der Waals surface area (Å²) < 4.78 is 5.40. The molecule has 7 nitrogen and oxygen atoms in total. The SMILES string of the molecule is CNC1CCN(C(=O)CCOc2ccccc2[N+](=O)[O-])CC1. The largest absolute Gasteiger partial charge is 0.486 e. The maximum atomic E-state index is 12.1. The predicted octanol–water partition coefficient (Wildman–Crippen LogP) is 1.57. The van der Waals surface area contributed by atoms with E-state index in [1.807, 2.05) is 11.9 Å². The van der Waals surface area contributed by atoms with Gasteiger partial charge in [-0.2, -0.15) is 0 Å². The second-order valence-corrected chi connectivity index (χ2v) is 5.27. The number of ether oxygens (including phenoxy) is 1. The van der Waals surface area contributed by atoms with Crippen LogP contribution < -0.4 is 10.1 Å². The van der Waals surface area contributed by atoms with E-state index in [9.17, 15) is 14.9 Å². The van der Waals surface area contributed by atoms with Crippen LogP contribution in [-0.2, 0) is 4.79 Å². The van der Waals surface area contributed by atoms with Gasteiger partial charge in [-0.15, -0.1) is 0 Å². The van der Waals surface area contributed by atoms with Crippen LogP contribution in [0.2, 0.25) is 0 Å². The molecule has 1 aliphatic heterocycles. The van der Waals surface area contributed by atoms with Crippen LogP contribution in [0.1, 0.15) is 19.3 Å². The van der Waals surface area contributed by atoms with Gasteiger partial charge in [0.05, 0.1) is 18.0 Å². The number of benzene rings is 1. The number of hydrogen-bond donors (Lipinski definition) is 1. The van der Waals surface area contributed by atoms with Gasteiger partial charge >= 0.3 is 5.69 Å². The molecule has 1 aromatic rings. The number of nitrogens with one attached hydrogen (secondary N) is 1. The van der Waals surface area contributed by atoms with Crippen molar-refractivity contribution in [3.8, 4) is 5.75 Å². The Balaban J connectivity index is 1.79. The first-order valence-electron chi connectivity index (χ1n) is 7.43. The topological polar surface area (TPSA) is 84.7 Å². The number of nitrogens with zero attached hydrogens (tertiary/aromatic N) is 2. The number of hydrogen-bond acceptors (Lipinski definition) is 5. The van der Waals surface area contributed by atoms with Gasteiger partial charge in [-0.05, 0) is 26.0 Å². The van der Waals surface area contributed by atoms with E-state index in [0.717, 1.165) is 25.9 Å². The van der Waals surface area contributed by atoms with Crippen molar-refractivity contribution in [2.24, 2.45) is 0 Å². The summed E-state index contributed by atoms with van der Waals surface area (Å²) in [6.07, 6.45) is 2.14. The number of piperidine rings is 1. The molecule has 1 heterocycles. The molecule has 1 saturated heterocycles. The molecule has 7 heteroatoms. The number of rotatable bonds is 6. The maximum Gasteiger partial charge on any atom is 0.310 e. The average molecular weight is 307 g/mol. The molecule has 0 atom stereocenters. The Morgan fingerprint density at radius 1 is 1.41 bits per heavy atom. The lowest BCUT2D eigenvalue weighted by Crippen LogP contribution is -2.44. The average Bonchev–Trinajstić information content (AvgIpc) is 2.55. The van der Waals surface area contributed by atoms with E-state index in [4.69, 9.17) is 4.74 Å². The smallest absolute Gasteiger partial charge is 0.310 e. The number of para-hydroxylation sites is 2. The van der Waals surface area contributed by atoms with Crippen molar-refractivity contribution in [2.45, 2.75) is 25.3 Å². The molecular weight excluding hydrogens is 286 g/mol. The second-order valence-electron chi connectivity index (χ2n) is 5.27. The number of carbonyl (C=O) groups is 1. The number of amides is 1. The van der Waals surface area contributed by atoms with E-state index >= 15 is 0 Å². The van der Waals surface area contributed by atoms with E-state index < -0.39 is 4.92 Å². The van der Waals surface area contributed by atoms with Crippen LogP contribution >= 0.6 is 0 Å². The molecule has 0 unspecified atom stereocenters. The van der Waals surface area contributed by atoms with Gasteiger partial charge in [-0.1, -0.05) is 12.1 Å². The summed E-state index contributed by atoms with van der Waals surface area (Å²) in [6, 6.07) is 6.67. The maximum absolute atomic E-state index is 12.1. The Labute approximate surface area is 129 Å². The van der Waals surface area contributed by atoms with Crippen LogP contribution in [0.4, 0.5) is 5.69 Å². The minimum Gasteiger partial charge on any atom is -0.486 e. The summed E-state index contributed by atoms with van der Waals surface area (Å²) in [5, 5.41) is 14.1. The second kappa shape index (κ2) is 7.74. The molecule has 1 fully saturated rings. The minimum absolute atomic E-state index is 0.0353. The molecule has 2 rings (SSSR count). The molecule has 0 radical (unpaired) electrons. The standard InChI is InChI=1S/C15H21N3O4/c1-16-12-6-9-17(10-7-12)15(19)8-11-22-14-5-3-2-4-13(14)18(20)21/h2-5,12,16H,6-11H2,1H3. The van der Waals surface area contributed by atoms with Crippen LogP contribution in [0.15, 0.2) is 24.3 Å². The minimum atomic E-state index is -0.486. The Hall–Kier alpha value is -2.15. The molecule has 22 heavy (non-hydrogen) atoms. The molecule has 0 spiro atoms. The van der Waals surface area contributed by atoms with E-state index in [2.05, 4.69) is 5.32 Å². The molecule has 1 aromatic carbocycles. The molecule has 1 aliphatic rings. The lowest BCUT2D eigenvalue weighted by Gasteiger charge is -2.31. The van der Waals surface area contributed by atoms with Crippen LogP contribution in [0.25, 0.3) is 0 Å². The normalized spacial score (nSPS) is 15.6.